The van der Waals surface area contributed by atoms with Crippen LogP contribution in [0.1, 0.15) is 218 Å². The fourth-order valence-electron chi connectivity index (χ4n) is 6.16. The number of unbranched alkanes of at least 4 members (excludes halogenated alkanes) is 28. The fraction of sp³-hybridized carbons (Fsp3) is 0.895. The van der Waals surface area contributed by atoms with Gasteiger partial charge in [-0.2, -0.15) is 0 Å². The van der Waals surface area contributed by atoms with Crippen molar-refractivity contribution < 1.29 is 0 Å². The Morgan fingerprint density at radius 1 is 0.308 bits per heavy atom. The van der Waals surface area contributed by atoms with E-state index in [9.17, 15) is 0 Å². The molecule has 0 aliphatic heterocycles. The van der Waals surface area contributed by atoms with Crippen molar-refractivity contribution in [3.05, 3.63) is 21.0 Å². The molecule has 0 aliphatic rings. The van der Waals surface area contributed by atoms with Crippen LogP contribution in [0.4, 0.5) is 0 Å². The minimum absolute atomic E-state index is 0.662. The molecule has 0 unspecified atom stereocenters. The van der Waals surface area contributed by atoms with Crippen molar-refractivity contribution in [3.63, 3.8) is 0 Å². The molecule has 0 saturated carbocycles. The Morgan fingerprint density at radius 3 is 0.744 bits per heavy atom. The summed E-state index contributed by atoms with van der Waals surface area (Å²) in [5.74, 6) is 0. The number of hydrogen-bond donors (Lipinski definition) is 0. The maximum atomic E-state index is 2.59. The molecule has 0 aromatic carbocycles. The Morgan fingerprint density at radius 2 is 0.513 bits per heavy atom. The maximum absolute atomic E-state index is 2.59. The second-order valence-corrected chi connectivity index (χ2v) is 14.4. The van der Waals surface area contributed by atoms with Gasteiger partial charge in [0.25, 0.3) is 0 Å². The summed E-state index contributed by atoms with van der Waals surface area (Å²) in [5.41, 5.74) is 3.49. The Bertz CT molecular complexity index is 525. The summed E-state index contributed by atoms with van der Waals surface area (Å²) >= 11 is 0.662. The quantitative estimate of drug-likeness (QED) is 0.0564. The van der Waals surface area contributed by atoms with Crippen molar-refractivity contribution in [2.24, 2.45) is 0 Å². The molecule has 0 amide bonds. The van der Waals surface area contributed by atoms with Gasteiger partial charge < -0.3 is 0 Å². The predicted octanol–water partition coefficient (Wildman–Crippen LogP) is 13.6. The van der Waals surface area contributed by atoms with Gasteiger partial charge in [-0.25, -0.2) is 0 Å². The summed E-state index contributed by atoms with van der Waals surface area (Å²) in [6.07, 6.45) is 46.6. The molecule has 230 valence electrons. The van der Waals surface area contributed by atoms with Crippen LogP contribution in [-0.4, -0.2) is 14.5 Å². The summed E-state index contributed by atoms with van der Waals surface area (Å²) in [5, 5.41) is 0. The van der Waals surface area contributed by atoms with Crippen LogP contribution in [0.2, 0.25) is 0 Å². The second kappa shape index (κ2) is 30.9. The molecule has 1 aromatic heterocycles. The first-order valence-corrected chi connectivity index (χ1v) is 20.4. The zero-order chi connectivity index (χ0) is 27.9. The summed E-state index contributed by atoms with van der Waals surface area (Å²) in [6.45, 7) is 4.62. The fourth-order valence-corrected chi connectivity index (χ4v) is 8.12. The Balaban J connectivity index is 1.83. The third kappa shape index (κ3) is 25.4. The topological polar surface area (TPSA) is 0 Å². The van der Waals surface area contributed by atoms with Gasteiger partial charge in [0, 0.05) is 0 Å². The molecule has 39 heavy (non-hydrogen) atoms. The zero-order valence-corrected chi connectivity index (χ0v) is 28.9. The monoisotopic (exact) mass is 608 g/mol. The van der Waals surface area contributed by atoms with Gasteiger partial charge in [0.05, 0.1) is 0 Å². The van der Waals surface area contributed by atoms with Crippen LogP contribution in [0, 0.1) is 0 Å². The van der Waals surface area contributed by atoms with Crippen LogP contribution in [0.25, 0.3) is 0 Å². The normalized spacial score (nSPS) is 11.5. The van der Waals surface area contributed by atoms with Crippen molar-refractivity contribution >= 4 is 14.5 Å². The molecular formula is C38H72Se. The van der Waals surface area contributed by atoms with E-state index in [2.05, 4.69) is 23.7 Å². The molecule has 1 heterocycles. The summed E-state index contributed by atoms with van der Waals surface area (Å²) in [7, 11) is 0. The van der Waals surface area contributed by atoms with Crippen molar-refractivity contribution in [1.82, 2.24) is 0 Å². The Kier molecular flexibility index (Phi) is 29.4. The summed E-state index contributed by atoms with van der Waals surface area (Å²) in [6, 6.07) is 0. The number of rotatable bonds is 32. The van der Waals surface area contributed by atoms with Gasteiger partial charge >= 0.3 is 164 Å². The Hall–Kier alpha value is -0.000519. The molecule has 0 saturated heterocycles. The number of hydrogen-bond acceptors (Lipinski definition) is 0. The first-order valence-electron chi connectivity index (χ1n) is 18.4. The van der Waals surface area contributed by atoms with E-state index in [-0.39, 0.29) is 0 Å². The van der Waals surface area contributed by atoms with Crippen molar-refractivity contribution in [1.29, 1.82) is 0 Å². The molecule has 0 N–H and O–H groups in total. The van der Waals surface area contributed by atoms with Gasteiger partial charge in [0.2, 0.25) is 0 Å². The van der Waals surface area contributed by atoms with Crippen LogP contribution in [0.15, 0.2) is 9.88 Å². The number of aryl methyl sites for hydroxylation is 2. The van der Waals surface area contributed by atoms with Crippen LogP contribution in [0.5, 0.6) is 0 Å². The van der Waals surface area contributed by atoms with E-state index < -0.39 is 0 Å². The van der Waals surface area contributed by atoms with E-state index in [0.29, 0.717) is 14.5 Å². The smallest absolute Gasteiger partial charge is 0.0654 e. The van der Waals surface area contributed by atoms with Crippen molar-refractivity contribution in [2.75, 3.05) is 0 Å². The minimum atomic E-state index is 0.662. The van der Waals surface area contributed by atoms with Gasteiger partial charge in [-0.15, -0.1) is 0 Å². The molecular weight excluding hydrogens is 535 g/mol. The van der Waals surface area contributed by atoms with E-state index in [4.69, 9.17) is 0 Å². The molecule has 1 heteroatoms. The SMILES string of the molecule is CCCCCCCCCCCCCCCCCc1c[se]cc1CCCCCCCCCCCCCCCCC. The Labute approximate surface area is 254 Å². The van der Waals surface area contributed by atoms with E-state index in [1.165, 1.54) is 205 Å². The van der Waals surface area contributed by atoms with Gasteiger partial charge in [0.15, 0.2) is 0 Å². The third-order valence-electron chi connectivity index (χ3n) is 8.93. The first kappa shape index (κ1) is 37.0. The molecule has 1 rings (SSSR count). The summed E-state index contributed by atoms with van der Waals surface area (Å²) < 4.78 is 0. The van der Waals surface area contributed by atoms with E-state index in [1.807, 2.05) is 0 Å². The van der Waals surface area contributed by atoms with Gasteiger partial charge in [-0.1, -0.05) is 90.9 Å². The van der Waals surface area contributed by atoms with E-state index >= 15 is 0 Å². The third-order valence-corrected chi connectivity index (χ3v) is 10.7. The van der Waals surface area contributed by atoms with Gasteiger partial charge in [0.1, 0.15) is 0 Å². The van der Waals surface area contributed by atoms with Crippen LogP contribution >= 0.6 is 0 Å². The predicted molar refractivity (Wildman–Crippen MR) is 181 cm³/mol. The first-order chi connectivity index (χ1) is 19.4. The van der Waals surface area contributed by atoms with Crippen LogP contribution in [-0.2, 0) is 12.8 Å². The molecule has 0 fully saturated rings. The molecule has 1 aromatic rings. The van der Waals surface area contributed by atoms with Crippen LogP contribution < -0.4 is 0 Å². The minimum Gasteiger partial charge on any atom is -0.0654 e. The van der Waals surface area contributed by atoms with Crippen LogP contribution in [0.3, 0.4) is 0 Å². The van der Waals surface area contributed by atoms with Crippen molar-refractivity contribution in [2.45, 2.75) is 219 Å². The molecule has 0 bridgehead atoms. The molecule has 0 spiro atoms. The van der Waals surface area contributed by atoms with Gasteiger partial charge in [-0.3, -0.25) is 0 Å². The molecule has 0 nitrogen and oxygen atoms in total. The second-order valence-electron chi connectivity index (χ2n) is 12.8. The average molecular weight is 608 g/mol. The molecule has 0 aliphatic carbocycles. The van der Waals surface area contributed by atoms with E-state index in [0.717, 1.165) is 0 Å². The van der Waals surface area contributed by atoms with Gasteiger partial charge in [-0.05, 0) is 0 Å². The van der Waals surface area contributed by atoms with E-state index in [1.54, 1.807) is 11.1 Å². The molecule has 0 radical (unpaired) electrons. The standard InChI is InChI=1S/C38H72Se/c1-3-5-7-9-11-13-15-17-19-21-23-25-27-29-31-33-37-35-39-36-38(37)34-32-30-28-26-24-22-20-18-16-14-12-10-8-6-4-2/h35-36H,3-34H2,1-2H3. The summed E-state index contributed by atoms with van der Waals surface area (Å²) in [4.78, 5) is 5.19. The molecule has 0 atom stereocenters. The average Bonchev–Trinajstić information content (AvgIpc) is 3.40. The zero-order valence-electron chi connectivity index (χ0n) is 27.2. The van der Waals surface area contributed by atoms with Crippen molar-refractivity contribution in [3.8, 4) is 0 Å².